The standard InChI is InChI=1S/C26H34N2O3.2C2H6/c1-26(2,3)31-25(29)28-17-4-6-23(28)19-30-24-13-9-21(10-14-24)18-20-7-11-22(12-8-20)27-15-5-16-27;2*1-2/h7-14,23H,4-6,15-19H2,1-3H3;2*1-2H3. The highest BCUT2D eigenvalue weighted by Gasteiger charge is 2.32. The van der Waals surface area contributed by atoms with Crippen LogP contribution in [0.2, 0.25) is 0 Å². The number of hydrogen-bond acceptors (Lipinski definition) is 4. The molecule has 0 aliphatic carbocycles. The van der Waals surface area contributed by atoms with Crippen LogP contribution in [0.5, 0.6) is 5.75 Å². The summed E-state index contributed by atoms with van der Waals surface area (Å²) in [5.41, 5.74) is 3.43. The Morgan fingerprint density at radius 1 is 0.857 bits per heavy atom. The first kappa shape index (κ1) is 28.5. The van der Waals surface area contributed by atoms with Gasteiger partial charge in [-0.3, -0.25) is 0 Å². The maximum Gasteiger partial charge on any atom is 0.410 e. The molecular weight excluding hydrogens is 436 g/mol. The van der Waals surface area contributed by atoms with Crippen LogP contribution in [0.15, 0.2) is 48.5 Å². The van der Waals surface area contributed by atoms with E-state index in [0.29, 0.717) is 6.61 Å². The predicted octanol–water partition coefficient (Wildman–Crippen LogP) is 7.32. The van der Waals surface area contributed by atoms with Gasteiger partial charge in [-0.05, 0) is 81.8 Å². The van der Waals surface area contributed by atoms with Gasteiger partial charge in [-0.25, -0.2) is 4.79 Å². The minimum atomic E-state index is -0.476. The van der Waals surface area contributed by atoms with Gasteiger partial charge in [-0.1, -0.05) is 52.0 Å². The summed E-state index contributed by atoms with van der Waals surface area (Å²) in [6, 6.07) is 17.3. The van der Waals surface area contributed by atoms with Gasteiger partial charge in [-0.15, -0.1) is 0 Å². The summed E-state index contributed by atoms with van der Waals surface area (Å²) in [6.45, 7) is 17.3. The number of anilines is 1. The van der Waals surface area contributed by atoms with Crippen molar-refractivity contribution in [2.75, 3.05) is 31.1 Å². The number of nitrogens with zero attached hydrogens (tertiary/aromatic N) is 2. The quantitative estimate of drug-likeness (QED) is 0.433. The van der Waals surface area contributed by atoms with Gasteiger partial charge in [0, 0.05) is 25.3 Å². The van der Waals surface area contributed by atoms with Crippen LogP contribution in [0.1, 0.15) is 78.9 Å². The summed E-state index contributed by atoms with van der Waals surface area (Å²) in [7, 11) is 0. The maximum absolute atomic E-state index is 12.4. The maximum atomic E-state index is 12.4. The summed E-state index contributed by atoms with van der Waals surface area (Å²) in [5, 5.41) is 0. The van der Waals surface area contributed by atoms with Crippen molar-refractivity contribution in [1.29, 1.82) is 0 Å². The molecule has 1 atom stereocenters. The molecule has 194 valence electrons. The summed E-state index contributed by atoms with van der Waals surface area (Å²) >= 11 is 0. The van der Waals surface area contributed by atoms with Crippen LogP contribution in [0.3, 0.4) is 0 Å². The van der Waals surface area contributed by atoms with E-state index in [1.807, 2.05) is 65.5 Å². The summed E-state index contributed by atoms with van der Waals surface area (Å²) in [6.07, 6.45) is 3.91. The molecule has 2 aromatic rings. The molecule has 0 spiro atoms. The van der Waals surface area contributed by atoms with Crippen molar-refractivity contribution >= 4 is 11.8 Å². The van der Waals surface area contributed by atoms with Crippen molar-refractivity contribution in [3.8, 4) is 5.75 Å². The average Bonchev–Trinajstić information content (AvgIpc) is 3.29. The zero-order valence-electron chi connectivity index (χ0n) is 23.0. The first-order chi connectivity index (χ1) is 16.9. The molecule has 2 saturated heterocycles. The van der Waals surface area contributed by atoms with Gasteiger partial charge in [0.15, 0.2) is 0 Å². The van der Waals surface area contributed by atoms with Crippen molar-refractivity contribution < 1.29 is 14.3 Å². The Balaban J connectivity index is 0.00000103. The third kappa shape index (κ3) is 8.79. The SMILES string of the molecule is CC.CC.CC(C)(C)OC(=O)N1CCCC1COc1ccc(Cc2ccc(N3CCC3)cc2)cc1. The lowest BCUT2D eigenvalue weighted by atomic mass is 10.0. The number of rotatable bonds is 6. The van der Waals surface area contributed by atoms with Gasteiger partial charge >= 0.3 is 6.09 Å². The number of hydrogen-bond donors (Lipinski definition) is 0. The van der Waals surface area contributed by atoms with Crippen molar-refractivity contribution in [3.05, 3.63) is 59.7 Å². The number of benzene rings is 2. The van der Waals surface area contributed by atoms with Crippen LogP contribution in [-0.2, 0) is 11.2 Å². The van der Waals surface area contributed by atoms with E-state index < -0.39 is 5.60 Å². The van der Waals surface area contributed by atoms with Crippen molar-refractivity contribution in [2.45, 2.75) is 85.8 Å². The minimum absolute atomic E-state index is 0.0689. The molecule has 2 heterocycles. The van der Waals surface area contributed by atoms with E-state index in [9.17, 15) is 4.79 Å². The molecule has 0 N–H and O–H groups in total. The molecule has 1 unspecified atom stereocenters. The molecular formula is C30H46N2O3. The second kappa shape index (κ2) is 14.0. The molecule has 4 rings (SSSR count). The molecule has 0 aromatic heterocycles. The van der Waals surface area contributed by atoms with Gasteiger partial charge in [0.2, 0.25) is 0 Å². The molecule has 2 aromatic carbocycles. The highest BCUT2D eigenvalue weighted by molar-refractivity contribution is 5.69. The summed E-state index contributed by atoms with van der Waals surface area (Å²) in [5.74, 6) is 0.841. The van der Waals surface area contributed by atoms with E-state index in [0.717, 1.165) is 31.6 Å². The number of amides is 1. The zero-order chi connectivity index (χ0) is 25.8. The lowest BCUT2D eigenvalue weighted by Crippen LogP contribution is -2.42. The molecule has 5 heteroatoms. The van der Waals surface area contributed by atoms with Crippen molar-refractivity contribution in [3.63, 3.8) is 0 Å². The third-order valence-corrected chi connectivity index (χ3v) is 5.94. The molecule has 0 bridgehead atoms. The molecule has 2 fully saturated rings. The fourth-order valence-corrected chi connectivity index (χ4v) is 4.10. The highest BCUT2D eigenvalue weighted by atomic mass is 16.6. The first-order valence-electron chi connectivity index (χ1n) is 13.4. The smallest absolute Gasteiger partial charge is 0.410 e. The van der Waals surface area contributed by atoms with E-state index in [1.54, 1.807) is 0 Å². The van der Waals surface area contributed by atoms with Gasteiger partial charge in [-0.2, -0.15) is 0 Å². The predicted molar refractivity (Wildman–Crippen MR) is 147 cm³/mol. The first-order valence-corrected chi connectivity index (χ1v) is 13.4. The molecule has 2 aliphatic rings. The Bertz CT molecular complexity index is 868. The van der Waals surface area contributed by atoms with Gasteiger partial charge in [0.05, 0.1) is 6.04 Å². The second-order valence-corrected chi connectivity index (χ2v) is 9.61. The van der Waals surface area contributed by atoms with Gasteiger partial charge < -0.3 is 19.3 Å². The summed E-state index contributed by atoms with van der Waals surface area (Å²) < 4.78 is 11.5. The van der Waals surface area contributed by atoms with Crippen LogP contribution < -0.4 is 9.64 Å². The Kier molecular flexibility index (Phi) is 11.4. The average molecular weight is 483 g/mol. The lowest BCUT2D eigenvalue weighted by molar-refractivity contribution is 0.0187. The van der Waals surface area contributed by atoms with E-state index in [2.05, 4.69) is 41.3 Å². The van der Waals surface area contributed by atoms with E-state index in [4.69, 9.17) is 9.47 Å². The molecule has 5 nitrogen and oxygen atoms in total. The van der Waals surface area contributed by atoms with Crippen molar-refractivity contribution in [1.82, 2.24) is 4.90 Å². The minimum Gasteiger partial charge on any atom is -0.491 e. The largest absolute Gasteiger partial charge is 0.491 e. The van der Waals surface area contributed by atoms with Crippen LogP contribution in [0.25, 0.3) is 0 Å². The Morgan fingerprint density at radius 2 is 1.43 bits per heavy atom. The van der Waals surface area contributed by atoms with Crippen LogP contribution in [0.4, 0.5) is 10.5 Å². The number of carbonyl (C=O) groups excluding carboxylic acids is 1. The van der Waals surface area contributed by atoms with E-state index in [1.165, 1.54) is 36.3 Å². The number of carbonyl (C=O) groups is 1. The van der Waals surface area contributed by atoms with Crippen LogP contribution in [-0.4, -0.2) is 48.9 Å². The molecule has 0 radical (unpaired) electrons. The Labute approximate surface area is 213 Å². The van der Waals surface area contributed by atoms with Crippen LogP contribution >= 0.6 is 0 Å². The lowest BCUT2D eigenvalue weighted by Gasteiger charge is -2.33. The van der Waals surface area contributed by atoms with E-state index in [-0.39, 0.29) is 12.1 Å². The number of likely N-dealkylation sites (tertiary alicyclic amines) is 1. The highest BCUT2D eigenvalue weighted by Crippen LogP contribution is 2.24. The van der Waals surface area contributed by atoms with Gasteiger partial charge in [0.1, 0.15) is 18.0 Å². The van der Waals surface area contributed by atoms with Gasteiger partial charge in [0.25, 0.3) is 0 Å². The zero-order valence-corrected chi connectivity index (χ0v) is 23.0. The Hall–Kier alpha value is -2.69. The fraction of sp³-hybridized carbons (Fsp3) is 0.567. The van der Waals surface area contributed by atoms with Crippen LogP contribution in [0, 0.1) is 0 Å². The molecule has 35 heavy (non-hydrogen) atoms. The molecule has 0 saturated carbocycles. The monoisotopic (exact) mass is 482 g/mol. The Morgan fingerprint density at radius 3 is 1.94 bits per heavy atom. The molecule has 1 amide bonds. The summed E-state index contributed by atoms with van der Waals surface area (Å²) in [4.78, 5) is 16.6. The van der Waals surface area contributed by atoms with E-state index >= 15 is 0 Å². The normalized spacial score (nSPS) is 16.8. The third-order valence-electron chi connectivity index (χ3n) is 5.94. The topological polar surface area (TPSA) is 42.0 Å². The molecule has 2 aliphatic heterocycles. The second-order valence-electron chi connectivity index (χ2n) is 9.61. The fourth-order valence-electron chi connectivity index (χ4n) is 4.10. The number of ether oxygens (including phenoxy) is 2. The van der Waals surface area contributed by atoms with Crippen molar-refractivity contribution in [2.24, 2.45) is 0 Å².